The molecular weight excluding hydrogens is 598 g/mol. The van der Waals surface area contributed by atoms with Crippen LogP contribution in [0.3, 0.4) is 0 Å². The molecule has 6 nitrogen and oxygen atoms in total. The van der Waals surface area contributed by atoms with E-state index in [9.17, 15) is 4.79 Å². The van der Waals surface area contributed by atoms with Gasteiger partial charge in [0.25, 0.3) is 0 Å². The number of allylic oxidation sites excluding steroid dienone is 1. The van der Waals surface area contributed by atoms with Crippen molar-refractivity contribution in [1.82, 2.24) is 4.90 Å². The molecule has 0 saturated carbocycles. The molecule has 0 spiro atoms. The van der Waals surface area contributed by atoms with Crippen LogP contribution in [0.2, 0.25) is 0 Å². The van der Waals surface area contributed by atoms with Gasteiger partial charge in [0, 0.05) is 17.9 Å². The summed E-state index contributed by atoms with van der Waals surface area (Å²) < 4.78 is 11.7. The van der Waals surface area contributed by atoms with Crippen molar-refractivity contribution < 1.29 is 14.3 Å². The number of methoxy groups -OCH3 is 1. The van der Waals surface area contributed by atoms with Crippen molar-refractivity contribution >= 4 is 46.1 Å². The monoisotopic (exact) mass is 647 g/mol. The largest absolute Gasteiger partial charge is 0.493 e. The lowest BCUT2D eigenvalue weighted by Crippen LogP contribution is -2.21. The molecule has 0 radical (unpaired) electrons. The number of benzene rings is 2. The lowest BCUT2D eigenvalue weighted by molar-refractivity contribution is 0.261. The Morgan fingerprint density at radius 3 is 2.20 bits per heavy atom. The molecule has 1 aliphatic heterocycles. The van der Waals surface area contributed by atoms with Crippen molar-refractivity contribution in [2.24, 2.45) is 0 Å². The van der Waals surface area contributed by atoms with E-state index in [2.05, 4.69) is 40.9 Å². The number of ether oxygens (including phenoxy) is 2. The van der Waals surface area contributed by atoms with Crippen molar-refractivity contribution in [3.8, 4) is 11.5 Å². The lowest BCUT2D eigenvalue weighted by Gasteiger charge is -2.19. The van der Waals surface area contributed by atoms with E-state index < -0.39 is 0 Å². The van der Waals surface area contributed by atoms with Gasteiger partial charge in [-0.1, -0.05) is 95.8 Å². The van der Waals surface area contributed by atoms with Gasteiger partial charge in [-0.2, -0.15) is 0 Å². The summed E-state index contributed by atoms with van der Waals surface area (Å²) in [5.74, 6) is 2.15. The average molecular weight is 649 g/mol. The molecule has 0 saturated heterocycles. The summed E-state index contributed by atoms with van der Waals surface area (Å²) in [5, 5.41) is 8.10. The highest BCUT2D eigenvalue weighted by Crippen LogP contribution is 2.35. The fourth-order valence-electron chi connectivity index (χ4n) is 4.89. The molecule has 228 valence electrons. The molecule has 2 amide bonds. The first-order valence-electron chi connectivity index (χ1n) is 15.1. The van der Waals surface area contributed by atoms with Gasteiger partial charge in [0.1, 0.15) is 0 Å². The normalized spacial score (nSPS) is 12.5. The Balaban J connectivity index is 0.00000588. The SMILES string of the molecule is Br.CCCCCCCCCCCCCCOc1c(NC(=O)Nc2cccc(CN3CSC=C3C)c2)cccc1OC. The third-order valence-electron chi connectivity index (χ3n) is 7.23. The first-order chi connectivity index (χ1) is 19.6. The first kappa shape index (κ1) is 34.9. The number of para-hydroxylation sites is 1. The summed E-state index contributed by atoms with van der Waals surface area (Å²) >= 11 is 1.81. The summed E-state index contributed by atoms with van der Waals surface area (Å²) in [5.41, 5.74) is 3.78. The Kier molecular flexibility index (Phi) is 17.5. The van der Waals surface area contributed by atoms with Crippen molar-refractivity contribution in [1.29, 1.82) is 0 Å². The van der Waals surface area contributed by atoms with E-state index in [1.807, 2.05) is 36.4 Å². The van der Waals surface area contributed by atoms with Crippen molar-refractivity contribution in [3.05, 3.63) is 59.1 Å². The van der Waals surface area contributed by atoms with Crippen LogP contribution in [-0.4, -0.2) is 30.5 Å². The van der Waals surface area contributed by atoms with Gasteiger partial charge < -0.3 is 25.0 Å². The van der Waals surface area contributed by atoms with Gasteiger partial charge in [0.2, 0.25) is 0 Å². The Morgan fingerprint density at radius 2 is 1.56 bits per heavy atom. The van der Waals surface area contributed by atoms with Gasteiger partial charge in [-0.3, -0.25) is 0 Å². The molecule has 2 N–H and O–H groups in total. The Morgan fingerprint density at radius 1 is 0.902 bits per heavy atom. The maximum absolute atomic E-state index is 12.9. The number of urea groups is 1. The summed E-state index contributed by atoms with van der Waals surface area (Å²) in [6.07, 6.45) is 15.6. The second kappa shape index (κ2) is 20.5. The number of nitrogens with zero attached hydrogens (tertiary/aromatic N) is 1. The number of amides is 2. The molecule has 0 aromatic heterocycles. The van der Waals surface area contributed by atoms with Crippen LogP contribution in [0.4, 0.5) is 16.2 Å². The van der Waals surface area contributed by atoms with Gasteiger partial charge in [-0.15, -0.1) is 28.7 Å². The number of hydrogen-bond donors (Lipinski definition) is 2. The zero-order chi connectivity index (χ0) is 28.4. The Labute approximate surface area is 262 Å². The number of hydrogen-bond acceptors (Lipinski definition) is 5. The van der Waals surface area contributed by atoms with Crippen LogP contribution in [0.25, 0.3) is 0 Å². The highest BCUT2D eigenvalue weighted by atomic mass is 79.9. The minimum atomic E-state index is -0.312. The van der Waals surface area contributed by atoms with Crippen LogP contribution in [-0.2, 0) is 6.54 Å². The minimum absolute atomic E-state index is 0. The molecule has 1 aliphatic rings. The molecule has 0 atom stereocenters. The number of halogens is 1. The van der Waals surface area contributed by atoms with Crippen molar-refractivity contribution in [2.75, 3.05) is 30.2 Å². The maximum atomic E-state index is 12.9. The summed E-state index contributed by atoms with van der Waals surface area (Å²) in [4.78, 5) is 15.2. The van der Waals surface area contributed by atoms with E-state index in [1.54, 1.807) is 18.9 Å². The lowest BCUT2D eigenvalue weighted by atomic mass is 10.1. The number of unbranched alkanes of at least 4 members (excludes halogenated alkanes) is 11. The predicted molar refractivity (Wildman–Crippen MR) is 181 cm³/mol. The molecular formula is C33H50BrN3O3S. The predicted octanol–water partition coefficient (Wildman–Crippen LogP) is 10.4. The second-order valence-electron chi connectivity index (χ2n) is 10.6. The topological polar surface area (TPSA) is 62.8 Å². The minimum Gasteiger partial charge on any atom is -0.493 e. The number of carbonyl (C=O) groups is 1. The highest BCUT2D eigenvalue weighted by Gasteiger charge is 2.15. The highest BCUT2D eigenvalue weighted by molar-refractivity contribution is 8.93. The number of anilines is 2. The summed E-state index contributed by atoms with van der Waals surface area (Å²) in [6.45, 7) is 5.81. The second-order valence-corrected chi connectivity index (χ2v) is 11.4. The fraction of sp³-hybridized carbons (Fsp3) is 0.545. The van der Waals surface area contributed by atoms with Crippen LogP contribution in [0, 0.1) is 0 Å². The van der Waals surface area contributed by atoms with Gasteiger partial charge in [-0.25, -0.2) is 4.79 Å². The fourth-order valence-corrected chi connectivity index (χ4v) is 5.83. The van der Waals surface area contributed by atoms with Crippen LogP contribution in [0.5, 0.6) is 11.5 Å². The van der Waals surface area contributed by atoms with Gasteiger partial charge in [0.05, 0.1) is 25.3 Å². The molecule has 0 bridgehead atoms. The Bertz CT molecular complexity index is 1070. The van der Waals surface area contributed by atoms with Crippen molar-refractivity contribution in [2.45, 2.75) is 97.4 Å². The van der Waals surface area contributed by atoms with E-state index in [0.717, 1.165) is 36.5 Å². The number of carbonyl (C=O) groups excluding carboxylic acids is 1. The van der Waals surface area contributed by atoms with Crippen molar-refractivity contribution in [3.63, 3.8) is 0 Å². The molecule has 41 heavy (non-hydrogen) atoms. The molecule has 8 heteroatoms. The van der Waals surface area contributed by atoms with Gasteiger partial charge >= 0.3 is 6.03 Å². The standard InChI is InChI=1S/C33H49N3O3S.BrH/c1-4-5-6-7-8-9-10-11-12-13-14-15-22-39-32-30(20-17-21-31(32)38-3)35-33(37)34-29-19-16-18-28(23-29)24-36-26-40-25-27(36)2;/h16-21,23,25H,4-15,22,24,26H2,1-3H3,(H2,34,35,37);1H. The number of nitrogens with one attached hydrogen (secondary N) is 2. The number of rotatable bonds is 19. The van der Waals surface area contributed by atoms with E-state index in [0.29, 0.717) is 23.8 Å². The van der Waals surface area contributed by atoms with Crippen LogP contribution < -0.4 is 20.1 Å². The van der Waals surface area contributed by atoms with Crippen LogP contribution in [0.1, 0.15) is 96.5 Å². The molecule has 0 unspecified atom stereocenters. The van der Waals surface area contributed by atoms with Gasteiger partial charge in [-0.05, 0) is 48.6 Å². The quantitative estimate of drug-likeness (QED) is 0.149. The van der Waals surface area contributed by atoms with Crippen LogP contribution in [0.15, 0.2) is 53.6 Å². The molecule has 2 aromatic rings. The van der Waals surface area contributed by atoms with E-state index >= 15 is 0 Å². The molecule has 3 rings (SSSR count). The van der Waals surface area contributed by atoms with Gasteiger partial charge in [0.15, 0.2) is 11.5 Å². The zero-order valence-electron chi connectivity index (χ0n) is 25.2. The average Bonchev–Trinajstić information content (AvgIpc) is 3.35. The molecule has 1 heterocycles. The molecule has 2 aromatic carbocycles. The maximum Gasteiger partial charge on any atom is 0.323 e. The zero-order valence-corrected chi connectivity index (χ0v) is 27.7. The summed E-state index contributed by atoms with van der Waals surface area (Å²) in [6, 6.07) is 13.2. The van der Waals surface area contributed by atoms with E-state index in [4.69, 9.17) is 9.47 Å². The van der Waals surface area contributed by atoms with E-state index in [-0.39, 0.29) is 23.0 Å². The molecule has 0 aliphatic carbocycles. The molecule has 0 fully saturated rings. The van der Waals surface area contributed by atoms with Crippen LogP contribution >= 0.6 is 28.7 Å². The van der Waals surface area contributed by atoms with E-state index in [1.165, 1.54) is 69.9 Å². The summed E-state index contributed by atoms with van der Waals surface area (Å²) in [7, 11) is 1.62. The first-order valence-corrected chi connectivity index (χ1v) is 16.2. The third kappa shape index (κ3) is 13.0. The number of thioether (sulfide) groups is 1. The third-order valence-corrected chi connectivity index (χ3v) is 8.20. The smallest absolute Gasteiger partial charge is 0.323 e. The Hall–Kier alpha value is -2.32.